The summed E-state index contributed by atoms with van der Waals surface area (Å²) >= 11 is 7.12. The van der Waals surface area contributed by atoms with Crippen molar-refractivity contribution in [3.05, 3.63) is 20.8 Å². The number of carbonyl (C=O) groups excluding carboxylic acids is 1. The van der Waals surface area contributed by atoms with Gasteiger partial charge in [0.2, 0.25) is 0 Å². The molecule has 0 aliphatic rings. The van der Waals surface area contributed by atoms with Gasteiger partial charge in [-0.05, 0) is 39.3 Å². The van der Waals surface area contributed by atoms with Gasteiger partial charge in [0, 0.05) is 0 Å². The standard InChI is InChI=1S/C12H17ClO3S/c1-8-7-9(17-10(8)13)11(14)15-5-6-16-12(2,3)4/h7H,5-6H2,1-4H3. The molecule has 0 aromatic carbocycles. The van der Waals surface area contributed by atoms with Crippen LogP contribution in [0.25, 0.3) is 0 Å². The molecule has 0 fully saturated rings. The second-order valence-electron chi connectivity index (χ2n) is 4.66. The highest BCUT2D eigenvalue weighted by Crippen LogP contribution is 2.27. The van der Waals surface area contributed by atoms with Gasteiger partial charge in [0.15, 0.2) is 0 Å². The van der Waals surface area contributed by atoms with Crippen LogP contribution in [0, 0.1) is 6.92 Å². The van der Waals surface area contributed by atoms with Crippen molar-refractivity contribution < 1.29 is 14.3 Å². The van der Waals surface area contributed by atoms with Crippen molar-refractivity contribution in [3.8, 4) is 0 Å². The first-order valence-electron chi connectivity index (χ1n) is 5.36. The highest BCUT2D eigenvalue weighted by molar-refractivity contribution is 7.18. The Labute approximate surface area is 111 Å². The molecule has 1 rings (SSSR count). The van der Waals surface area contributed by atoms with Gasteiger partial charge in [0.25, 0.3) is 0 Å². The first kappa shape index (κ1) is 14.5. The number of carbonyl (C=O) groups is 1. The van der Waals surface area contributed by atoms with Crippen molar-refractivity contribution in [1.82, 2.24) is 0 Å². The highest BCUT2D eigenvalue weighted by atomic mass is 35.5. The monoisotopic (exact) mass is 276 g/mol. The van der Waals surface area contributed by atoms with Crippen LogP contribution in [0.1, 0.15) is 36.0 Å². The third-order valence-corrected chi connectivity index (χ3v) is 3.45. The Balaban J connectivity index is 2.35. The molecule has 1 heterocycles. The van der Waals surface area contributed by atoms with Crippen LogP contribution in [0.3, 0.4) is 0 Å². The van der Waals surface area contributed by atoms with Gasteiger partial charge in [-0.15, -0.1) is 11.3 Å². The summed E-state index contributed by atoms with van der Waals surface area (Å²) in [6, 6.07) is 1.74. The summed E-state index contributed by atoms with van der Waals surface area (Å²) in [7, 11) is 0. The van der Waals surface area contributed by atoms with Crippen molar-refractivity contribution in [3.63, 3.8) is 0 Å². The number of esters is 1. The average molecular weight is 277 g/mol. The largest absolute Gasteiger partial charge is 0.459 e. The molecule has 0 atom stereocenters. The minimum absolute atomic E-state index is 0.213. The maximum Gasteiger partial charge on any atom is 0.348 e. The predicted octanol–water partition coefficient (Wildman–Crippen LogP) is 3.68. The van der Waals surface area contributed by atoms with Crippen LogP contribution in [-0.2, 0) is 9.47 Å². The van der Waals surface area contributed by atoms with E-state index in [1.165, 1.54) is 11.3 Å². The number of hydrogen-bond donors (Lipinski definition) is 0. The fraction of sp³-hybridized carbons (Fsp3) is 0.583. The van der Waals surface area contributed by atoms with Gasteiger partial charge in [0.1, 0.15) is 11.5 Å². The Morgan fingerprint density at radius 2 is 2.06 bits per heavy atom. The third-order valence-electron chi connectivity index (χ3n) is 1.91. The van der Waals surface area contributed by atoms with Gasteiger partial charge in [-0.2, -0.15) is 0 Å². The number of ether oxygens (including phenoxy) is 2. The Bertz CT molecular complexity index is 373. The molecule has 96 valence electrons. The Morgan fingerprint density at radius 3 is 2.53 bits per heavy atom. The van der Waals surface area contributed by atoms with Crippen molar-refractivity contribution >= 4 is 28.9 Å². The summed E-state index contributed by atoms with van der Waals surface area (Å²) in [6.07, 6.45) is 0. The highest BCUT2D eigenvalue weighted by Gasteiger charge is 2.14. The number of thiophene rings is 1. The molecule has 3 nitrogen and oxygen atoms in total. The third kappa shape index (κ3) is 5.06. The van der Waals surface area contributed by atoms with E-state index in [2.05, 4.69) is 0 Å². The fourth-order valence-corrected chi connectivity index (χ4v) is 2.21. The molecule has 0 bridgehead atoms. The molecule has 1 aromatic rings. The van der Waals surface area contributed by atoms with E-state index in [1.807, 2.05) is 27.7 Å². The Morgan fingerprint density at radius 1 is 1.41 bits per heavy atom. The molecular formula is C12H17ClO3S. The maximum atomic E-state index is 11.6. The van der Waals surface area contributed by atoms with Crippen molar-refractivity contribution in [1.29, 1.82) is 0 Å². The fourth-order valence-electron chi connectivity index (χ4n) is 1.11. The molecule has 0 saturated carbocycles. The van der Waals surface area contributed by atoms with Crippen LogP contribution in [0.15, 0.2) is 6.07 Å². The van der Waals surface area contributed by atoms with E-state index in [1.54, 1.807) is 6.07 Å². The molecule has 5 heteroatoms. The zero-order chi connectivity index (χ0) is 13.1. The van der Waals surface area contributed by atoms with Gasteiger partial charge in [-0.1, -0.05) is 11.6 Å². The maximum absolute atomic E-state index is 11.6. The molecule has 0 spiro atoms. The minimum atomic E-state index is -0.345. The summed E-state index contributed by atoms with van der Waals surface area (Å²) in [6.45, 7) is 8.38. The lowest BCUT2D eigenvalue weighted by Gasteiger charge is -2.19. The zero-order valence-electron chi connectivity index (χ0n) is 10.5. The molecule has 0 unspecified atom stereocenters. The van der Waals surface area contributed by atoms with Gasteiger partial charge >= 0.3 is 5.97 Å². The van der Waals surface area contributed by atoms with Gasteiger partial charge in [-0.3, -0.25) is 0 Å². The van der Waals surface area contributed by atoms with Gasteiger partial charge < -0.3 is 9.47 Å². The van der Waals surface area contributed by atoms with E-state index in [0.717, 1.165) is 5.56 Å². The second-order valence-corrected chi connectivity index (χ2v) is 6.32. The van der Waals surface area contributed by atoms with E-state index < -0.39 is 0 Å². The van der Waals surface area contributed by atoms with Crippen LogP contribution in [0.2, 0.25) is 4.34 Å². The van der Waals surface area contributed by atoms with E-state index >= 15 is 0 Å². The molecule has 17 heavy (non-hydrogen) atoms. The van der Waals surface area contributed by atoms with Crippen molar-refractivity contribution in [2.75, 3.05) is 13.2 Å². The summed E-state index contributed by atoms with van der Waals surface area (Å²) in [5.74, 6) is -0.345. The van der Waals surface area contributed by atoms with Gasteiger partial charge in [-0.25, -0.2) is 4.79 Å². The first-order chi connectivity index (χ1) is 7.79. The van der Waals surface area contributed by atoms with E-state index in [4.69, 9.17) is 21.1 Å². The van der Waals surface area contributed by atoms with Crippen LogP contribution in [0.5, 0.6) is 0 Å². The van der Waals surface area contributed by atoms with E-state index in [9.17, 15) is 4.79 Å². The van der Waals surface area contributed by atoms with Crippen molar-refractivity contribution in [2.45, 2.75) is 33.3 Å². The summed E-state index contributed by atoms with van der Waals surface area (Å²) in [5.41, 5.74) is 0.685. The number of hydrogen-bond acceptors (Lipinski definition) is 4. The zero-order valence-corrected chi connectivity index (χ0v) is 12.1. The minimum Gasteiger partial charge on any atom is -0.459 e. The first-order valence-corrected chi connectivity index (χ1v) is 6.56. The van der Waals surface area contributed by atoms with Crippen molar-refractivity contribution in [2.24, 2.45) is 0 Å². The lowest BCUT2D eigenvalue weighted by Crippen LogP contribution is -2.22. The molecule has 1 aromatic heterocycles. The van der Waals surface area contributed by atoms with Crippen LogP contribution >= 0.6 is 22.9 Å². The predicted molar refractivity (Wildman–Crippen MR) is 70.1 cm³/mol. The van der Waals surface area contributed by atoms with Crippen LogP contribution in [-0.4, -0.2) is 24.8 Å². The summed E-state index contributed by atoms with van der Waals surface area (Å²) < 4.78 is 11.2. The number of aryl methyl sites for hydroxylation is 1. The SMILES string of the molecule is Cc1cc(C(=O)OCCOC(C)(C)C)sc1Cl. The summed E-state index contributed by atoms with van der Waals surface area (Å²) in [5, 5.41) is 0. The quantitative estimate of drug-likeness (QED) is 0.622. The molecule has 0 N–H and O–H groups in total. The van der Waals surface area contributed by atoms with Crippen LogP contribution < -0.4 is 0 Å². The molecule has 0 aliphatic carbocycles. The topological polar surface area (TPSA) is 35.5 Å². The smallest absolute Gasteiger partial charge is 0.348 e. The number of rotatable bonds is 4. The van der Waals surface area contributed by atoms with E-state index in [0.29, 0.717) is 15.8 Å². The molecule has 0 aliphatic heterocycles. The molecule has 0 amide bonds. The lowest BCUT2D eigenvalue weighted by molar-refractivity contribution is -0.0280. The Hall–Kier alpha value is -0.580. The number of halogens is 1. The lowest BCUT2D eigenvalue weighted by atomic mass is 10.2. The molecule has 0 saturated heterocycles. The summed E-state index contributed by atoms with van der Waals surface area (Å²) in [4.78, 5) is 12.1. The van der Waals surface area contributed by atoms with Gasteiger partial charge in [0.05, 0.1) is 16.5 Å². The normalized spacial score (nSPS) is 11.6. The second kappa shape index (κ2) is 5.85. The average Bonchev–Trinajstić information content (AvgIpc) is 2.52. The van der Waals surface area contributed by atoms with Crippen LogP contribution in [0.4, 0.5) is 0 Å². The molecule has 0 radical (unpaired) electrons. The van der Waals surface area contributed by atoms with E-state index in [-0.39, 0.29) is 18.2 Å². The molecular weight excluding hydrogens is 260 g/mol. The Kier molecular flexibility index (Phi) is 4.98.